The molecular weight excluding hydrogens is 364 g/mol. The SMILES string of the molecule is Cc1cccc(F)c1-n1ncc2c1CC(C(=O)NO)(c1cccc(F)c1C)C2. The van der Waals surface area contributed by atoms with Gasteiger partial charge in [-0.1, -0.05) is 24.3 Å². The lowest BCUT2D eigenvalue weighted by Crippen LogP contribution is -2.45. The van der Waals surface area contributed by atoms with Crippen molar-refractivity contribution in [1.29, 1.82) is 0 Å². The standard InChI is InChI=1S/C21H19F2N3O2/c1-12-5-3-8-17(23)19(12)26-18-10-21(20(27)25-28,9-14(18)11-24-26)15-6-4-7-16(22)13(15)2/h3-8,11,28H,9-10H2,1-2H3,(H,25,27). The van der Waals surface area contributed by atoms with Crippen LogP contribution in [0.2, 0.25) is 0 Å². The molecule has 1 amide bonds. The molecule has 0 fully saturated rings. The van der Waals surface area contributed by atoms with E-state index in [1.54, 1.807) is 49.8 Å². The van der Waals surface area contributed by atoms with Crippen molar-refractivity contribution >= 4 is 5.91 Å². The topological polar surface area (TPSA) is 67.2 Å². The summed E-state index contributed by atoms with van der Waals surface area (Å²) < 4.78 is 30.2. The number of halogens is 2. The number of amides is 1. The Bertz CT molecular complexity index is 1070. The Kier molecular flexibility index (Phi) is 4.27. The fraction of sp³-hybridized carbons (Fsp3) is 0.238. The van der Waals surface area contributed by atoms with Crippen LogP contribution in [0.1, 0.15) is 27.9 Å². The number of para-hydroxylation sites is 1. The Hall–Kier alpha value is -3.06. The molecule has 0 radical (unpaired) electrons. The maximum absolute atomic E-state index is 14.5. The third-order valence-corrected chi connectivity index (χ3v) is 5.64. The maximum atomic E-state index is 14.5. The first kappa shape index (κ1) is 18.3. The van der Waals surface area contributed by atoms with Crippen LogP contribution in [-0.2, 0) is 23.1 Å². The Morgan fingerprint density at radius 1 is 1.14 bits per heavy atom. The summed E-state index contributed by atoms with van der Waals surface area (Å²) in [5, 5.41) is 13.7. The minimum absolute atomic E-state index is 0.160. The number of hydroxylamine groups is 1. The van der Waals surface area contributed by atoms with Crippen molar-refractivity contribution in [3.8, 4) is 5.69 Å². The summed E-state index contributed by atoms with van der Waals surface area (Å²) in [6.45, 7) is 3.39. The molecule has 1 atom stereocenters. The van der Waals surface area contributed by atoms with E-state index in [1.807, 2.05) is 0 Å². The minimum Gasteiger partial charge on any atom is -0.289 e. The predicted molar refractivity (Wildman–Crippen MR) is 98.4 cm³/mol. The van der Waals surface area contributed by atoms with Crippen molar-refractivity contribution in [3.63, 3.8) is 0 Å². The number of carbonyl (C=O) groups excluding carboxylic acids is 1. The van der Waals surface area contributed by atoms with E-state index >= 15 is 0 Å². The second kappa shape index (κ2) is 6.53. The van der Waals surface area contributed by atoms with E-state index in [4.69, 9.17) is 0 Å². The summed E-state index contributed by atoms with van der Waals surface area (Å²) in [6, 6.07) is 9.32. The van der Waals surface area contributed by atoms with Crippen LogP contribution >= 0.6 is 0 Å². The zero-order valence-corrected chi connectivity index (χ0v) is 15.5. The zero-order valence-electron chi connectivity index (χ0n) is 15.5. The van der Waals surface area contributed by atoms with Crippen LogP contribution in [-0.4, -0.2) is 20.9 Å². The van der Waals surface area contributed by atoms with Crippen molar-refractivity contribution in [2.75, 3.05) is 0 Å². The van der Waals surface area contributed by atoms with Gasteiger partial charge in [0.1, 0.15) is 17.3 Å². The second-order valence-electron chi connectivity index (χ2n) is 7.22. The van der Waals surface area contributed by atoms with Crippen LogP contribution in [0.4, 0.5) is 8.78 Å². The van der Waals surface area contributed by atoms with E-state index < -0.39 is 23.0 Å². The van der Waals surface area contributed by atoms with Crippen molar-refractivity contribution in [1.82, 2.24) is 15.3 Å². The third kappa shape index (κ3) is 2.54. The number of nitrogens with one attached hydrogen (secondary N) is 1. The monoisotopic (exact) mass is 383 g/mol. The number of carbonyl (C=O) groups is 1. The van der Waals surface area contributed by atoms with Crippen LogP contribution in [0, 0.1) is 25.5 Å². The van der Waals surface area contributed by atoms with E-state index in [-0.39, 0.29) is 12.8 Å². The summed E-state index contributed by atoms with van der Waals surface area (Å²) in [7, 11) is 0. The van der Waals surface area contributed by atoms with Gasteiger partial charge in [0.15, 0.2) is 0 Å². The molecule has 1 heterocycles. The molecule has 1 aliphatic carbocycles. The number of nitrogens with zero attached hydrogens (tertiary/aromatic N) is 2. The van der Waals surface area contributed by atoms with Gasteiger partial charge >= 0.3 is 0 Å². The van der Waals surface area contributed by atoms with Crippen LogP contribution in [0.5, 0.6) is 0 Å². The molecule has 1 aliphatic rings. The highest BCUT2D eigenvalue weighted by Crippen LogP contribution is 2.42. The molecule has 0 spiro atoms. The smallest absolute Gasteiger partial charge is 0.254 e. The number of hydrogen-bond acceptors (Lipinski definition) is 3. The fourth-order valence-electron chi connectivity index (χ4n) is 4.21. The summed E-state index contributed by atoms with van der Waals surface area (Å²) >= 11 is 0. The highest BCUT2D eigenvalue weighted by atomic mass is 19.1. The maximum Gasteiger partial charge on any atom is 0.254 e. The molecule has 0 aliphatic heterocycles. The summed E-state index contributed by atoms with van der Waals surface area (Å²) in [4.78, 5) is 12.8. The molecule has 4 rings (SSSR count). The first-order chi connectivity index (χ1) is 13.4. The number of benzene rings is 2. The number of aryl methyl sites for hydroxylation is 1. The second-order valence-corrected chi connectivity index (χ2v) is 7.22. The Morgan fingerprint density at radius 2 is 1.86 bits per heavy atom. The van der Waals surface area contributed by atoms with Gasteiger partial charge in [0, 0.05) is 12.1 Å². The molecular formula is C21H19F2N3O2. The average molecular weight is 383 g/mol. The average Bonchev–Trinajstić information content (AvgIpc) is 3.22. The molecule has 5 nitrogen and oxygen atoms in total. The number of aromatic nitrogens is 2. The van der Waals surface area contributed by atoms with E-state index in [9.17, 15) is 18.8 Å². The Labute approximate surface area is 160 Å². The third-order valence-electron chi connectivity index (χ3n) is 5.64. The normalized spacial score (nSPS) is 18.2. The van der Waals surface area contributed by atoms with Crippen LogP contribution < -0.4 is 5.48 Å². The highest BCUT2D eigenvalue weighted by molar-refractivity contribution is 5.89. The quantitative estimate of drug-likeness (QED) is 0.539. The lowest BCUT2D eigenvalue weighted by molar-refractivity contribution is -0.135. The predicted octanol–water partition coefficient (Wildman–Crippen LogP) is 3.31. The largest absolute Gasteiger partial charge is 0.289 e. The van der Waals surface area contributed by atoms with Gasteiger partial charge in [-0.2, -0.15) is 5.10 Å². The summed E-state index contributed by atoms with van der Waals surface area (Å²) in [5.74, 6) is -1.48. The molecule has 2 N–H and O–H groups in total. The zero-order chi connectivity index (χ0) is 20.1. The molecule has 0 saturated heterocycles. The summed E-state index contributed by atoms with van der Waals surface area (Å²) in [6.07, 6.45) is 1.99. The highest BCUT2D eigenvalue weighted by Gasteiger charge is 2.48. The van der Waals surface area contributed by atoms with Gasteiger partial charge in [-0.15, -0.1) is 0 Å². The van der Waals surface area contributed by atoms with Crippen LogP contribution in [0.3, 0.4) is 0 Å². The molecule has 2 aromatic carbocycles. The van der Waals surface area contributed by atoms with Gasteiger partial charge < -0.3 is 0 Å². The first-order valence-corrected chi connectivity index (χ1v) is 8.90. The molecule has 3 aromatic rings. The number of fused-ring (bicyclic) bond motifs is 1. The van der Waals surface area contributed by atoms with Crippen LogP contribution in [0.15, 0.2) is 42.6 Å². The van der Waals surface area contributed by atoms with Crippen molar-refractivity contribution in [2.45, 2.75) is 32.1 Å². The van der Waals surface area contributed by atoms with E-state index in [1.165, 1.54) is 16.8 Å². The molecule has 7 heteroatoms. The van der Waals surface area contributed by atoms with Gasteiger partial charge in [0.05, 0.1) is 11.6 Å². The van der Waals surface area contributed by atoms with E-state index in [0.717, 1.165) is 5.56 Å². The first-order valence-electron chi connectivity index (χ1n) is 8.90. The van der Waals surface area contributed by atoms with Gasteiger partial charge in [-0.25, -0.2) is 18.9 Å². The molecule has 1 unspecified atom stereocenters. The molecule has 0 bridgehead atoms. The lowest BCUT2D eigenvalue weighted by atomic mass is 9.75. The number of hydrogen-bond donors (Lipinski definition) is 2. The van der Waals surface area contributed by atoms with Gasteiger partial charge in [0.2, 0.25) is 0 Å². The van der Waals surface area contributed by atoms with Crippen LogP contribution in [0.25, 0.3) is 5.69 Å². The molecule has 144 valence electrons. The summed E-state index contributed by atoms with van der Waals surface area (Å²) in [5.41, 5.74) is 3.82. The Balaban J connectivity index is 1.88. The van der Waals surface area contributed by atoms with Crippen molar-refractivity contribution in [3.05, 3.63) is 82.2 Å². The fourth-order valence-corrected chi connectivity index (χ4v) is 4.21. The van der Waals surface area contributed by atoms with Crippen molar-refractivity contribution in [2.24, 2.45) is 0 Å². The van der Waals surface area contributed by atoms with Gasteiger partial charge in [0.25, 0.3) is 5.91 Å². The molecule has 28 heavy (non-hydrogen) atoms. The van der Waals surface area contributed by atoms with E-state index in [0.29, 0.717) is 28.1 Å². The van der Waals surface area contributed by atoms with Gasteiger partial charge in [-0.3, -0.25) is 10.0 Å². The lowest BCUT2D eigenvalue weighted by Gasteiger charge is -2.29. The molecule has 1 aromatic heterocycles. The molecule has 0 saturated carbocycles. The van der Waals surface area contributed by atoms with E-state index in [2.05, 4.69) is 5.10 Å². The van der Waals surface area contributed by atoms with Gasteiger partial charge in [-0.05, 0) is 54.7 Å². The Morgan fingerprint density at radius 3 is 2.57 bits per heavy atom. The minimum atomic E-state index is -1.20. The van der Waals surface area contributed by atoms with Crippen molar-refractivity contribution < 1.29 is 18.8 Å². The number of rotatable bonds is 3.